The number of rotatable bonds is 7. The summed E-state index contributed by atoms with van der Waals surface area (Å²) in [5.41, 5.74) is 1.20. The molecule has 1 aromatic rings. The Bertz CT molecular complexity index is 411. The first kappa shape index (κ1) is 16.8. The number of ether oxygens (including phenoxy) is 2. The number of hydrogen-bond donors (Lipinski definition) is 1. The molecule has 0 spiro atoms. The lowest BCUT2D eigenvalue weighted by atomic mass is 10.1. The van der Waals surface area contributed by atoms with Crippen molar-refractivity contribution in [2.75, 3.05) is 34.4 Å². The lowest BCUT2D eigenvalue weighted by Crippen LogP contribution is -2.35. The summed E-state index contributed by atoms with van der Waals surface area (Å²) in [5.74, 6) is 1.63. The summed E-state index contributed by atoms with van der Waals surface area (Å²) in [6.45, 7) is 8.75. The van der Waals surface area contributed by atoms with Crippen LogP contribution in [0.3, 0.4) is 0 Å². The van der Waals surface area contributed by atoms with E-state index in [1.807, 2.05) is 26.2 Å². The van der Waals surface area contributed by atoms with Crippen LogP contribution in [0, 0.1) is 0 Å². The van der Waals surface area contributed by atoms with Gasteiger partial charge in [0.1, 0.15) is 6.61 Å². The molecule has 0 aliphatic heterocycles. The van der Waals surface area contributed by atoms with E-state index in [0.29, 0.717) is 6.61 Å². The van der Waals surface area contributed by atoms with Crippen molar-refractivity contribution in [1.82, 2.24) is 10.2 Å². The lowest BCUT2D eigenvalue weighted by Gasteiger charge is -2.22. The van der Waals surface area contributed by atoms with Crippen LogP contribution in [-0.4, -0.2) is 44.8 Å². The first-order valence-electron chi connectivity index (χ1n) is 7.02. The summed E-state index contributed by atoms with van der Waals surface area (Å²) in [6, 6.07) is 6.01. The maximum Gasteiger partial charge on any atom is 0.165 e. The number of benzene rings is 1. The Kier molecular flexibility index (Phi) is 6.30. The van der Waals surface area contributed by atoms with Crippen molar-refractivity contribution in [3.8, 4) is 11.5 Å². The van der Waals surface area contributed by atoms with Gasteiger partial charge < -0.3 is 19.7 Å². The zero-order valence-electron chi connectivity index (χ0n) is 13.6. The van der Waals surface area contributed by atoms with Gasteiger partial charge in [0.15, 0.2) is 11.5 Å². The van der Waals surface area contributed by atoms with Crippen LogP contribution in [0.4, 0.5) is 0 Å². The lowest BCUT2D eigenvalue weighted by molar-refractivity contribution is 0.247. The molecule has 0 atom stereocenters. The standard InChI is InChI=1S/C16H28N2O2/c1-16(2,3)17-12-13-8-7-9-14(19-6)15(13)20-11-10-18(4)5/h7-9,17H,10-12H2,1-6H3. The van der Waals surface area contributed by atoms with E-state index >= 15 is 0 Å². The molecule has 1 rings (SSSR count). The summed E-state index contributed by atoms with van der Waals surface area (Å²) >= 11 is 0. The third-order valence-electron chi connectivity index (χ3n) is 2.87. The molecule has 0 aliphatic carbocycles. The summed E-state index contributed by atoms with van der Waals surface area (Å²) in [7, 11) is 5.75. The fourth-order valence-corrected chi connectivity index (χ4v) is 1.72. The minimum absolute atomic E-state index is 0.0734. The highest BCUT2D eigenvalue weighted by atomic mass is 16.5. The Hall–Kier alpha value is -1.26. The molecule has 0 amide bonds. The van der Waals surface area contributed by atoms with E-state index in [1.54, 1.807) is 7.11 Å². The van der Waals surface area contributed by atoms with Crippen LogP contribution in [0.2, 0.25) is 0 Å². The number of nitrogens with zero attached hydrogens (tertiary/aromatic N) is 1. The second kappa shape index (κ2) is 7.50. The van der Waals surface area contributed by atoms with Crippen molar-refractivity contribution in [2.24, 2.45) is 0 Å². The molecule has 0 saturated heterocycles. The van der Waals surface area contributed by atoms with Crippen molar-refractivity contribution in [3.63, 3.8) is 0 Å². The van der Waals surface area contributed by atoms with E-state index in [0.717, 1.165) is 30.2 Å². The highest BCUT2D eigenvalue weighted by molar-refractivity contribution is 5.46. The van der Waals surface area contributed by atoms with E-state index in [2.05, 4.69) is 37.1 Å². The molecule has 0 fully saturated rings. The molecule has 0 aromatic heterocycles. The maximum absolute atomic E-state index is 5.93. The highest BCUT2D eigenvalue weighted by Gasteiger charge is 2.14. The summed E-state index contributed by atoms with van der Waals surface area (Å²) < 4.78 is 11.3. The van der Waals surface area contributed by atoms with Crippen LogP contribution in [0.5, 0.6) is 11.5 Å². The predicted molar refractivity (Wildman–Crippen MR) is 83.6 cm³/mol. The molecule has 0 saturated carbocycles. The highest BCUT2D eigenvalue weighted by Crippen LogP contribution is 2.31. The molecule has 0 bridgehead atoms. The second-order valence-corrected chi connectivity index (χ2v) is 6.20. The first-order chi connectivity index (χ1) is 9.33. The number of para-hydroxylation sites is 1. The monoisotopic (exact) mass is 280 g/mol. The van der Waals surface area contributed by atoms with Gasteiger partial charge in [0, 0.05) is 24.2 Å². The van der Waals surface area contributed by atoms with Gasteiger partial charge >= 0.3 is 0 Å². The molecular formula is C16H28N2O2. The van der Waals surface area contributed by atoms with Crippen molar-refractivity contribution in [1.29, 1.82) is 0 Å². The number of methoxy groups -OCH3 is 1. The quantitative estimate of drug-likeness (QED) is 0.832. The van der Waals surface area contributed by atoms with E-state index in [-0.39, 0.29) is 5.54 Å². The fourth-order valence-electron chi connectivity index (χ4n) is 1.72. The molecule has 0 heterocycles. The Morgan fingerprint density at radius 1 is 1.20 bits per heavy atom. The van der Waals surface area contributed by atoms with Gasteiger partial charge in [-0.15, -0.1) is 0 Å². The molecule has 1 N–H and O–H groups in total. The zero-order chi connectivity index (χ0) is 15.2. The maximum atomic E-state index is 5.93. The van der Waals surface area contributed by atoms with Gasteiger partial charge in [0.05, 0.1) is 7.11 Å². The van der Waals surface area contributed by atoms with E-state index in [4.69, 9.17) is 9.47 Å². The third-order valence-corrected chi connectivity index (χ3v) is 2.87. The SMILES string of the molecule is COc1cccc(CNC(C)(C)C)c1OCCN(C)C. The normalized spacial score (nSPS) is 11.8. The number of likely N-dealkylation sites (N-methyl/N-ethyl adjacent to an activating group) is 1. The van der Waals surface area contributed by atoms with Crippen LogP contribution < -0.4 is 14.8 Å². The predicted octanol–water partition coefficient (Wildman–Crippen LogP) is 2.52. The number of nitrogens with one attached hydrogen (secondary N) is 1. The molecule has 0 unspecified atom stereocenters. The average molecular weight is 280 g/mol. The summed E-state index contributed by atoms with van der Waals surface area (Å²) in [6.07, 6.45) is 0. The molecule has 0 aliphatic rings. The molecule has 20 heavy (non-hydrogen) atoms. The van der Waals surface area contributed by atoms with Crippen LogP contribution in [0.1, 0.15) is 26.3 Å². The smallest absolute Gasteiger partial charge is 0.165 e. The molecule has 114 valence electrons. The minimum atomic E-state index is 0.0734. The average Bonchev–Trinajstić information content (AvgIpc) is 2.35. The van der Waals surface area contributed by atoms with Crippen LogP contribution >= 0.6 is 0 Å². The molecule has 1 aromatic carbocycles. The van der Waals surface area contributed by atoms with Crippen molar-refractivity contribution >= 4 is 0 Å². The van der Waals surface area contributed by atoms with Crippen molar-refractivity contribution < 1.29 is 9.47 Å². The van der Waals surface area contributed by atoms with Crippen LogP contribution in [0.15, 0.2) is 18.2 Å². The van der Waals surface area contributed by atoms with E-state index in [9.17, 15) is 0 Å². The van der Waals surface area contributed by atoms with Gasteiger partial charge in [-0.3, -0.25) is 0 Å². The van der Waals surface area contributed by atoms with Gasteiger partial charge in [-0.1, -0.05) is 12.1 Å². The van der Waals surface area contributed by atoms with Crippen LogP contribution in [0.25, 0.3) is 0 Å². The second-order valence-electron chi connectivity index (χ2n) is 6.20. The molecule has 4 heteroatoms. The summed E-state index contributed by atoms with van der Waals surface area (Å²) in [4.78, 5) is 2.10. The molecule has 0 radical (unpaired) electrons. The summed E-state index contributed by atoms with van der Waals surface area (Å²) in [5, 5.41) is 3.48. The zero-order valence-corrected chi connectivity index (χ0v) is 13.6. The van der Waals surface area contributed by atoms with E-state index < -0.39 is 0 Å². The molecular weight excluding hydrogens is 252 g/mol. The van der Waals surface area contributed by atoms with Crippen molar-refractivity contribution in [2.45, 2.75) is 32.9 Å². The van der Waals surface area contributed by atoms with Gasteiger partial charge in [-0.2, -0.15) is 0 Å². The minimum Gasteiger partial charge on any atom is -0.493 e. The van der Waals surface area contributed by atoms with Gasteiger partial charge in [0.2, 0.25) is 0 Å². The van der Waals surface area contributed by atoms with Gasteiger partial charge in [-0.25, -0.2) is 0 Å². The Morgan fingerprint density at radius 2 is 1.90 bits per heavy atom. The largest absolute Gasteiger partial charge is 0.493 e. The van der Waals surface area contributed by atoms with Crippen LogP contribution in [-0.2, 0) is 6.54 Å². The topological polar surface area (TPSA) is 33.7 Å². The Morgan fingerprint density at radius 3 is 2.45 bits per heavy atom. The van der Waals surface area contributed by atoms with Gasteiger partial charge in [-0.05, 0) is 40.9 Å². The first-order valence-corrected chi connectivity index (χ1v) is 7.02. The third kappa shape index (κ3) is 5.80. The Labute approximate surface area is 123 Å². The van der Waals surface area contributed by atoms with Gasteiger partial charge in [0.25, 0.3) is 0 Å². The number of hydrogen-bond acceptors (Lipinski definition) is 4. The molecule has 4 nitrogen and oxygen atoms in total. The van der Waals surface area contributed by atoms with E-state index in [1.165, 1.54) is 0 Å². The van der Waals surface area contributed by atoms with Crippen molar-refractivity contribution in [3.05, 3.63) is 23.8 Å². The fraction of sp³-hybridized carbons (Fsp3) is 0.625. The Balaban J connectivity index is 2.81.